The summed E-state index contributed by atoms with van der Waals surface area (Å²) in [5.41, 5.74) is 7.71. The second-order valence-corrected chi connectivity index (χ2v) is 4.55. The molecule has 94 valence electrons. The number of nitrogens with one attached hydrogen (secondary N) is 2. The second kappa shape index (κ2) is 6.25. The number of nitrogens with two attached hydrogens (primary N) is 1. The molecule has 0 radical (unpaired) electrons. The van der Waals surface area contributed by atoms with Gasteiger partial charge in [0.25, 0.3) is 0 Å². The molecule has 0 saturated heterocycles. The van der Waals surface area contributed by atoms with Gasteiger partial charge in [-0.1, -0.05) is 19.9 Å². The zero-order valence-corrected chi connectivity index (χ0v) is 10.7. The predicted octanol–water partition coefficient (Wildman–Crippen LogP) is 2.04. The summed E-state index contributed by atoms with van der Waals surface area (Å²) in [6, 6.07) is 7.73. The molecule has 1 aromatic carbocycles. The van der Waals surface area contributed by atoms with Gasteiger partial charge in [0.1, 0.15) is 0 Å². The first-order chi connectivity index (χ1) is 7.99. The Kier molecular flexibility index (Phi) is 4.97. The highest BCUT2D eigenvalue weighted by Gasteiger charge is 2.06. The van der Waals surface area contributed by atoms with Crippen molar-refractivity contribution in [3.63, 3.8) is 0 Å². The largest absolute Gasteiger partial charge is 0.383 e. The summed E-state index contributed by atoms with van der Waals surface area (Å²) < 4.78 is 0. The molecule has 0 bridgehead atoms. The number of amides is 1. The van der Waals surface area contributed by atoms with Crippen molar-refractivity contribution in [2.24, 2.45) is 11.7 Å². The lowest BCUT2D eigenvalue weighted by Gasteiger charge is -2.17. The molecule has 0 fully saturated rings. The van der Waals surface area contributed by atoms with E-state index in [-0.39, 0.29) is 11.9 Å². The fraction of sp³-hybridized carbons (Fsp3) is 0.462. The Morgan fingerprint density at radius 2 is 2.00 bits per heavy atom. The van der Waals surface area contributed by atoms with Crippen molar-refractivity contribution in [2.75, 3.05) is 17.2 Å². The highest BCUT2D eigenvalue weighted by atomic mass is 16.1. The number of carbonyl (C=O) groups is 1. The molecule has 0 aliphatic rings. The van der Waals surface area contributed by atoms with Crippen LogP contribution in [-0.2, 0) is 4.79 Å². The molecular weight excluding hydrogens is 214 g/mol. The van der Waals surface area contributed by atoms with Crippen molar-refractivity contribution in [1.82, 2.24) is 0 Å². The van der Waals surface area contributed by atoms with Crippen LogP contribution in [0, 0.1) is 5.92 Å². The Morgan fingerprint density at radius 3 is 2.59 bits per heavy atom. The summed E-state index contributed by atoms with van der Waals surface area (Å²) in [5, 5.41) is 6.01. The van der Waals surface area contributed by atoms with E-state index in [1.54, 1.807) is 0 Å². The van der Waals surface area contributed by atoms with Gasteiger partial charge in [-0.3, -0.25) is 4.79 Å². The van der Waals surface area contributed by atoms with Gasteiger partial charge in [-0.25, -0.2) is 0 Å². The van der Waals surface area contributed by atoms with Gasteiger partial charge in [0.2, 0.25) is 5.91 Å². The molecule has 0 spiro atoms. The summed E-state index contributed by atoms with van der Waals surface area (Å²) >= 11 is 0. The Morgan fingerprint density at radius 1 is 1.35 bits per heavy atom. The number of hydrogen-bond donors (Lipinski definition) is 3. The lowest BCUT2D eigenvalue weighted by Crippen LogP contribution is -2.33. The summed E-state index contributed by atoms with van der Waals surface area (Å²) in [4.78, 5) is 10.9. The van der Waals surface area contributed by atoms with E-state index in [1.807, 2.05) is 24.3 Å². The molecule has 0 aliphatic carbocycles. The third-order valence-electron chi connectivity index (χ3n) is 2.58. The Labute approximate surface area is 103 Å². The average Bonchev–Trinajstić information content (AvgIpc) is 2.25. The molecule has 1 atom stereocenters. The molecular formula is C13H21N3O. The molecule has 1 amide bonds. The van der Waals surface area contributed by atoms with E-state index in [0.29, 0.717) is 5.92 Å². The lowest BCUT2D eigenvalue weighted by molar-refractivity contribution is -0.114. The van der Waals surface area contributed by atoms with Crippen LogP contribution in [0.25, 0.3) is 0 Å². The fourth-order valence-electron chi connectivity index (χ4n) is 1.38. The van der Waals surface area contributed by atoms with Gasteiger partial charge in [-0.05, 0) is 24.1 Å². The van der Waals surface area contributed by atoms with Crippen molar-refractivity contribution >= 4 is 17.3 Å². The number of anilines is 2. The molecule has 0 aromatic heterocycles. The third kappa shape index (κ3) is 4.87. The quantitative estimate of drug-likeness (QED) is 0.731. The first kappa shape index (κ1) is 13.5. The molecule has 1 rings (SSSR count). The smallest absolute Gasteiger partial charge is 0.221 e. The molecule has 1 unspecified atom stereocenters. The third-order valence-corrected chi connectivity index (χ3v) is 2.58. The van der Waals surface area contributed by atoms with Gasteiger partial charge in [0, 0.05) is 30.9 Å². The van der Waals surface area contributed by atoms with Crippen LogP contribution < -0.4 is 16.4 Å². The van der Waals surface area contributed by atoms with Crippen LogP contribution in [0.2, 0.25) is 0 Å². The van der Waals surface area contributed by atoms with Crippen LogP contribution in [0.1, 0.15) is 20.8 Å². The number of benzene rings is 1. The van der Waals surface area contributed by atoms with Crippen LogP contribution in [0.5, 0.6) is 0 Å². The lowest BCUT2D eigenvalue weighted by atomic mass is 10.1. The normalized spacial score (nSPS) is 12.3. The molecule has 4 heteroatoms. The van der Waals surface area contributed by atoms with Crippen molar-refractivity contribution in [1.29, 1.82) is 0 Å². The fourth-order valence-corrected chi connectivity index (χ4v) is 1.38. The Balaban J connectivity index is 2.56. The van der Waals surface area contributed by atoms with Crippen LogP contribution >= 0.6 is 0 Å². The van der Waals surface area contributed by atoms with Gasteiger partial charge in [0.05, 0.1) is 0 Å². The second-order valence-electron chi connectivity index (χ2n) is 4.55. The molecule has 0 saturated carbocycles. The van der Waals surface area contributed by atoms with Crippen LogP contribution in [0.15, 0.2) is 24.3 Å². The topological polar surface area (TPSA) is 67.2 Å². The molecule has 4 nitrogen and oxygen atoms in total. The molecule has 4 N–H and O–H groups in total. The van der Waals surface area contributed by atoms with Crippen LogP contribution in [-0.4, -0.2) is 18.5 Å². The summed E-state index contributed by atoms with van der Waals surface area (Å²) in [5.74, 6) is 0.377. The van der Waals surface area contributed by atoms with Crippen LogP contribution in [0.4, 0.5) is 11.4 Å². The molecule has 0 heterocycles. The predicted molar refractivity (Wildman–Crippen MR) is 72.0 cm³/mol. The SMILES string of the molecule is CC(=O)Nc1cccc(NCC(N)C(C)C)c1. The van der Waals surface area contributed by atoms with E-state index >= 15 is 0 Å². The van der Waals surface area contributed by atoms with Gasteiger partial charge < -0.3 is 16.4 Å². The number of rotatable bonds is 5. The van der Waals surface area contributed by atoms with E-state index in [2.05, 4.69) is 24.5 Å². The molecule has 0 aliphatic heterocycles. The van der Waals surface area contributed by atoms with Crippen molar-refractivity contribution < 1.29 is 4.79 Å². The first-order valence-electron chi connectivity index (χ1n) is 5.86. The minimum absolute atomic E-state index is 0.0685. The maximum absolute atomic E-state index is 10.9. The van der Waals surface area contributed by atoms with Crippen LogP contribution in [0.3, 0.4) is 0 Å². The van der Waals surface area contributed by atoms with Crippen molar-refractivity contribution in [3.8, 4) is 0 Å². The van der Waals surface area contributed by atoms with Gasteiger partial charge in [-0.15, -0.1) is 0 Å². The Bertz CT molecular complexity index is 377. The average molecular weight is 235 g/mol. The summed E-state index contributed by atoms with van der Waals surface area (Å²) in [6.45, 7) is 6.41. The first-order valence-corrected chi connectivity index (χ1v) is 5.86. The van der Waals surface area contributed by atoms with Gasteiger partial charge in [-0.2, -0.15) is 0 Å². The summed E-state index contributed by atoms with van der Waals surface area (Å²) in [7, 11) is 0. The van der Waals surface area contributed by atoms with E-state index < -0.39 is 0 Å². The maximum Gasteiger partial charge on any atom is 0.221 e. The highest BCUT2D eigenvalue weighted by Crippen LogP contribution is 2.15. The summed E-state index contributed by atoms with van der Waals surface area (Å²) in [6.07, 6.45) is 0. The van der Waals surface area contributed by atoms with Crippen molar-refractivity contribution in [3.05, 3.63) is 24.3 Å². The van der Waals surface area contributed by atoms with Gasteiger partial charge >= 0.3 is 0 Å². The number of carbonyl (C=O) groups excluding carboxylic acids is 1. The zero-order valence-electron chi connectivity index (χ0n) is 10.7. The van der Waals surface area contributed by atoms with E-state index in [4.69, 9.17) is 5.73 Å². The van der Waals surface area contributed by atoms with E-state index in [1.165, 1.54) is 6.92 Å². The molecule has 17 heavy (non-hydrogen) atoms. The minimum atomic E-state index is -0.0685. The minimum Gasteiger partial charge on any atom is -0.383 e. The van der Waals surface area contributed by atoms with Gasteiger partial charge in [0.15, 0.2) is 0 Å². The Hall–Kier alpha value is -1.55. The molecule has 1 aromatic rings. The van der Waals surface area contributed by atoms with E-state index in [9.17, 15) is 4.79 Å². The van der Waals surface area contributed by atoms with Crippen molar-refractivity contribution in [2.45, 2.75) is 26.8 Å². The highest BCUT2D eigenvalue weighted by molar-refractivity contribution is 5.89. The number of hydrogen-bond acceptors (Lipinski definition) is 3. The standard InChI is InChI=1S/C13H21N3O/c1-9(2)13(14)8-15-11-5-4-6-12(7-11)16-10(3)17/h4-7,9,13,15H,8,14H2,1-3H3,(H,16,17). The van der Waals surface area contributed by atoms with E-state index in [0.717, 1.165) is 17.9 Å². The monoisotopic (exact) mass is 235 g/mol. The maximum atomic E-state index is 10.9. The zero-order chi connectivity index (χ0) is 12.8.